The molecule has 120 valence electrons. The summed E-state index contributed by atoms with van der Waals surface area (Å²) in [6, 6.07) is 8.43. The van der Waals surface area contributed by atoms with Crippen molar-refractivity contribution in [2.24, 2.45) is 11.7 Å². The van der Waals surface area contributed by atoms with Crippen LogP contribution in [0.25, 0.3) is 0 Å². The minimum atomic E-state index is -0.765. The zero-order valence-corrected chi connectivity index (χ0v) is 13.0. The predicted octanol–water partition coefficient (Wildman–Crippen LogP) is 1.92. The van der Waals surface area contributed by atoms with Gasteiger partial charge in [-0.25, -0.2) is 4.79 Å². The first-order valence-corrected chi connectivity index (χ1v) is 7.79. The van der Waals surface area contributed by atoms with Crippen LogP contribution in [-0.2, 0) is 14.3 Å². The molecule has 0 radical (unpaired) electrons. The number of carbonyl (C=O) groups excluding carboxylic acids is 2. The summed E-state index contributed by atoms with van der Waals surface area (Å²) >= 11 is 0. The Balaban J connectivity index is 2.00. The van der Waals surface area contributed by atoms with Crippen molar-refractivity contribution in [3.8, 4) is 0 Å². The third kappa shape index (κ3) is 4.31. The maximum absolute atomic E-state index is 12.3. The number of nitrogens with one attached hydrogen (secondary N) is 1. The summed E-state index contributed by atoms with van der Waals surface area (Å²) in [6.45, 7) is 0. The smallest absolute Gasteiger partial charge is 0.333 e. The van der Waals surface area contributed by atoms with Gasteiger partial charge >= 0.3 is 5.97 Å². The molecule has 2 rings (SSSR count). The van der Waals surface area contributed by atoms with E-state index in [4.69, 9.17) is 10.5 Å². The first kappa shape index (κ1) is 16.5. The molecule has 1 fully saturated rings. The van der Waals surface area contributed by atoms with Gasteiger partial charge in [0, 0.05) is 12.5 Å². The number of methoxy groups -OCH3 is 1. The molecule has 1 aliphatic rings. The van der Waals surface area contributed by atoms with Crippen molar-refractivity contribution in [3.05, 3.63) is 35.9 Å². The van der Waals surface area contributed by atoms with Gasteiger partial charge in [-0.1, -0.05) is 43.2 Å². The largest absolute Gasteiger partial charge is 0.467 e. The summed E-state index contributed by atoms with van der Waals surface area (Å²) in [7, 11) is 1.32. The molecular formula is C17H24N2O3. The Morgan fingerprint density at radius 3 is 2.59 bits per heavy atom. The second-order valence-electron chi connectivity index (χ2n) is 5.85. The standard InChI is InChI=1S/C17H24N2O3/c1-22-17(21)16(12-7-3-2-4-8-12)19-15(20)11-13-9-5-6-10-14(13)18/h2-4,7-8,13-14,16H,5-6,9-11,18H2,1H3,(H,19,20)/t13-,14?,16-/m0/s1. The zero-order valence-electron chi connectivity index (χ0n) is 13.0. The van der Waals surface area contributed by atoms with Crippen LogP contribution in [0.4, 0.5) is 0 Å². The zero-order chi connectivity index (χ0) is 15.9. The van der Waals surface area contributed by atoms with Gasteiger partial charge in [-0.3, -0.25) is 4.79 Å². The number of rotatable bonds is 5. The Bertz CT molecular complexity index is 504. The summed E-state index contributed by atoms with van der Waals surface area (Å²) < 4.78 is 4.80. The second-order valence-corrected chi connectivity index (χ2v) is 5.85. The third-order valence-corrected chi connectivity index (χ3v) is 4.29. The topological polar surface area (TPSA) is 81.4 Å². The summed E-state index contributed by atoms with van der Waals surface area (Å²) in [4.78, 5) is 24.2. The normalized spacial score (nSPS) is 22.6. The van der Waals surface area contributed by atoms with E-state index >= 15 is 0 Å². The van der Waals surface area contributed by atoms with Crippen LogP contribution in [0.5, 0.6) is 0 Å². The Labute approximate surface area is 131 Å². The highest BCUT2D eigenvalue weighted by atomic mass is 16.5. The highest BCUT2D eigenvalue weighted by Crippen LogP contribution is 2.26. The summed E-state index contributed by atoms with van der Waals surface area (Å²) in [5.41, 5.74) is 6.80. The molecule has 1 aliphatic carbocycles. The average Bonchev–Trinajstić information content (AvgIpc) is 2.55. The van der Waals surface area contributed by atoms with Crippen molar-refractivity contribution in [2.75, 3.05) is 7.11 Å². The Morgan fingerprint density at radius 1 is 1.27 bits per heavy atom. The summed E-state index contributed by atoms with van der Waals surface area (Å²) in [5.74, 6) is -0.420. The first-order chi connectivity index (χ1) is 10.6. The van der Waals surface area contributed by atoms with E-state index in [1.165, 1.54) is 7.11 Å². The van der Waals surface area contributed by atoms with Gasteiger partial charge in [-0.2, -0.15) is 0 Å². The van der Waals surface area contributed by atoms with Gasteiger partial charge in [0.25, 0.3) is 0 Å². The van der Waals surface area contributed by atoms with Crippen LogP contribution in [-0.4, -0.2) is 25.0 Å². The highest BCUT2D eigenvalue weighted by molar-refractivity contribution is 5.85. The highest BCUT2D eigenvalue weighted by Gasteiger charge is 2.27. The number of carbonyl (C=O) groups is 2. The maximum atomic E-state index is 12.3. The van der Waals surface area contributed by atoms with Gasteiger partial charge in [0.05, 0.1) is 7.11 Å². The molecule has 5 nitrogen and oxygen atoms in total. The van der Waals surface area contributed by atoms with E-state index in [1.807, 2.05) is 18.2 Å². The molecule has 3 atom stereocenters. The molecule has 1 unspecified atom stereocenters. The predicted molar refractivity (Wildman–Crippen MR) is 83.9 cm³/mol. The first-order valence-electron chi connectivity index (χ1n) is 7.79. The molecule has 1 aromatic rings. The molecule has 1 amide bonds. The molecule has 1 saturated carbocycles. The maximum Gasteiger partial charge on any atom is 0.333 e. The molecule has 5 heteroatoms. The molecule has 3 N–H and O–H groups in total. The molecule has 0 heterocycles. The summed E-state index contributed by atoms with van der Waals surface area (Å²) in [6.07, 6.45) is 4.56. The number of amides is 1. The van der Waals surface area contributed by atoms with E-state index in [1.54, 1.807) is 12.1 Å². The van der Waals surface area contributed by atoms with E-state index in [-0.39, 0.29) is 17.9 Å². The average molecular weight is 304 g/mol. The van der Waals surface area contributed by atoms with Gasteiger partial charge in [0.2, 0.25) is 5.91 Å². The molecule has 1 aromatic carbocycles. The fraction of sp³-hybridized carbons (Fsp3) is 0.529. The van der Waals surface area contributed by atoms with Gasteiger partial charge in [0.1, 0.15) is 0 Å². The number of nitrogens with two attached hydrogens (primary N) is 1. The number of hydrogen-bond donors (Lipinski definition) is 2. The van der Waals surface area contributed by atoms with Crippen molar-refractivity contribution in [2.45, 2.75) is 44.2 Å². The Kier molecular flexibility index (Phi) is 5.95. The molecule has 0 aliphatic heterocycles. The van der Waals surface area contributed by atoms with Crippen LogP contribution >= 0.6 is 0 Å². The molecule has 0 saturated heterocycles. The molecular weight excluding hydrogens is 280 g/mol. The quantitative estimate of drug-likeness (QED) is 0.814. The molecule has 0 bridgehead atoms. The molecule has 0 aromatic heterocycles. The van der Waals surface area contributed by atoms with Crippen LogP contribution in [0, 0.1) is 5.92 Å². The van der Waals surface area contributed by atoms with Crippen molar-refractivity contribution in [1.82, 2.24) is 5.32 Å². The fourth-order valence-electron chi connectivity index (χ4n) is 2.99. The number of esters is 1. The number of hydrogen-bond acceptors (Lipinski definition) is 4. The van der Waals surface area contributed by atoms with Crippen molar-refractivity contribution >= 4 is 11.9 Å². The molecule has 22 heavy (non-hydrogen) atoms. The van der Waals surface area contributed by atoms with Crippen LogP contribution in [0.15, 0.2) is 30.3 Å². The summed E-state index contributed by atoms with van der Waals surface area (Å²) in [5, 5.41) is 2.78. The van der Waals surface area contributed by atoms with E-state index < -0.39 is 12.0 Å². The second kappa shape index (κ2) is 7.94. The van der Waals surface area contributed by atoms with Gasteiger partial charge < -0.3 is 15.8 Å². The van der Waals surface area contributed by atoms with Gasteiger partial charge in [0.15, 0.2) is 6.04 Å². The van der Waals surface area contributed by atoms with Crippen molar-refractivity contribution in [1.29, 1.82) is 0 Å². The van der Waals surface area contributed by atoms with E-state index in [9.17, 15) is 9.59 Å². The number of ether oxygens (including phenoxy) is 1. The minimum absolute atomic E-state index is 0.0767. The van der Waals surface area contributed by atoms with Crippen molar-refractivity contribution in [3.63, 3.8) is 0 Å². The van der Waals surface area contributed by atoms with E-state index in [2.05, 4.69) is 5.32 Å². The number of benzene rings is 1. The minimum Gasteiger partial charge on any atom is -0.467 e. The van der Waals surface area contributed by atoms with Crippen LogP contribution in [0.2, 0.25) is 0 Å². The van der Waals surface area contributed by atoms with Gasteiger partial charge in [-0.15, -0.1) is 0 Å². The van der Waals surface area contributed by atoms with Crippen LogP contribution in [0.1, 0.15) is 43.7 Å². The van der Waals surface area contributed by atoms with E-state index in [0.29, 0.717) is 6.42 Å². The lowest BCUT2D eigenvalue weighted by Crippen LogP contribution is -2.39. The van der Waals surface area contributed by atoms with E-state index in [0.717, 1.165) is 31.2 Å². The van der Waals surface area contributed by atoms with Gasteiger partial charge in [-0.05, 0) is 24.3 Å². The van der Waals surface area contributed by atoms with Crippen LogP contribution in [0.3, 0.4) is 0 Å². The van der Waals surface area contributed by atoms with Crippen LogP contribution < -0.4 is 11.1 Å². The lowest BCUT2D eigenvalue weighted by Gasteiger charge is -2.28. The Hall–Kier alpha value is -1.88. The Morgan fingerprint density at radius 2 is 1.95 bits per heavy atom. The third-order valence-electron chi connectivity index (χ3n) is 4.29. The van der Waals surface area contributed by atoms with Crippen molar-refractivity contribution < 1.29 is 14.3 Å². The molecule has 0 spiro atoms. The lowest BCUT2D eigenvalue weighted by molar-refractivity contribution is -0.145. The fourth-order valence-corrected chi connectivity index (χ4v) is 2.99. The SMILES string of the molecule is COC(=O)[C@@H](NC(=O)C[C@@H]1CCCCC1N)c1ccccc1. The monoisotopic (exact) mass is 304 g/mol. The lowest BCUT2D eigenvalue weighted by atomic mass is 9.83.